The largest absolute Gasteiger partial charge is 0.396 e. The molecular weight excluding hydrogens is 264 g/mol. The second-order valence-electron chi connectivity index (χ2n) is 5.70. The molecule has 0 unspecified atom stereocenters. The molecule has 0 saturated carbocycles. The summed E-state index contributed by atoms with van der Waals surface area (Å²) in [7, 11) is 2.00. The van der Waals surface area contributed by atoms with Gasteiger partial charge in [-0.1, -0.05) is 30.4 Å². The minimum absolute atomic E-state index is 0.0274. The minimum Gasteiger partial charge on any atom is -0.396 e. The highest BCUT2D eigenvalue weighted by Crippen LogP contribution is 2.21. The van der Waals surface area contributed by atoms with Crippen LogP contribution in [0.5, 0.6) is 0 Å². The third kappa shape index (κ3) is 2.85. The van der Waals surface area contributed by atoms with Crippen LogP contribution in [0.3, 0.4) is 0 Å². The summed E-state index contributed by atoms with van der Waals surface area (Å²) in [6, 6.07) is 8.15. The Bertz CT molecular complexity index is 687. The van der Waals surface area contributed by atoms with Gasteiger partial charge in [0.2, 0.25) is 5.91 Å². The third-order valence-corrected chi connectivity index (χ3v) is 4.08. The van der Waals surface area contributed by atoms with Gasteiger partial charge in [-0.25, -0.2) is 0 Å². The molecule has 0 saturated heterocycles. The highest BCUT2D eigenvalue weighted by Gasteiger charge is 2.20. The molecule has 1 aromatic carbocycles. The van der Waals surface area contributed by atoms with E-state index in [4.69, 9.17) is 5.11 Å². The smallest absolute Gasteiger partial charge is 0.224 e. The number of benzene rings is 1. The summed E-state index contributed by atoms with van der Waals surface area (Å²) < 4.78 is 2.05. The molecule has 0 fully saturated rings. The van der Waals surface area contributed by atoms with E-state index in [-0.39, 0.29) is 24.5 Å². The van der Waals surface area contributed by atoms with Gasteiger partial charge in [-0.2, -0.15) is 0 Å². The van der Waals surface area contributed by atoms with Gasteiger partial charge in [-0.3, -0.25) is 4.79 Å². The number of aromatic nitrogens is 1. The van der Waals surface area contributed by atoms with Gasteiger partial charge in [0.15, 0.2) is 0 Å². The molecule has 1 aromatic heterocycles. The Kier molecular flexibility index (Phi) is 3.80. The minimum atomic E-state index is 0.0274. The van der Waals surface area contributed by atoms with E-state index < -0.39 is 0 Å². The van der Waals surface area contributed by atoms with Crippen LogP contribution in [0.25, 0.3) is 10.9 Å². The Morgan fingerprint density at radius 3 is 2.95 bits per heavy atom. The van der Waals surface area contributed by atoms with Crippen LogP contribution in [0.4, 0.5) is 0 Å². The van der Waals surface area contributed by atoms with E-state index >= 15 is 0 Å². The number of aliphatic hydroxyl groups is 1. The number of rotatable bonds is 4. The fourth-order valence-electron chi connectivity index (χ4n) is 3.01. The van der Waals surface area contributed by atoms with Crippen LogP contribution in [0.15, 0.2) is 42.6 Å². The lowest BCUT2D eigenvalue weighted by atomic mass is 10.1. The number of carbonyl (C=O) groups is 1. The molecule has 110 valence electrons. The molecule has 2 N–H and O–H groups in total. The summed E-state index contributed by atoms with van der Waals surface area (Å²) in [6.07, 6.45) is 7.14. The van der Waals surface area contributed by atoms with Crippen LogP contribution in [0.2, 0.25) is 0 Å². The molecule has 1 heterocycles. The quantitative estimate of drug-likeness (QED) is 0.841. The molecule has 0 radical (unpaired) electrons. The number of aliphatic hydroxyl groups excluding tert-OH is 1. The van der Waals surface area contributed by atoms with Crippen molar-refractivity contribution in [2.24, 2.45) is 13.0 Å². The molecule has 2 aromatic rings. The van der Waals surface area contributed by atoms with Gasteiger partial charge >= 0.3 is 0 Å². The number of nitrogens with one attached hydrogen (secondary N) is 1. The van der Waals surface area contributed by atoms with Crippen molar-refractivity contribution >= 4 is 16.8 Å². The molecule has 3 rings (SSSR count). The van der Waals surface area contributed by atoms with Gasteiger partial charge in [0, 0.05) is 42.7 Å². The first-order valence-corrected chi connectivity index (χ1v) is 7.29. The maximum absolute atomic E-state index is 12.2. The molecule has 4 heteroatoms. The van der Waals surface area contributed by atoms with Gasteiger partial charge in [-0.15, -0.1) is 0 Å². The summed E-state index contributed by atoms with van der Waals surface area (Å²) in [5.41, 5.74) is 2.19. The number of hydrogen-bond acceptors (Lipinski definition) is 2. The van der Waals surface area contributed by atoms with Crippen LogP contribution in [0, 0.1) is 5.92 Å². The molecule has 0 bridgehead atoms. The molecule has 0 spiro atoms. The standard InChI is InChI=1S/C17H20N2O2/c1-19-10-13(15-4-2-3-5-16(15)19)9-17(21)18-14-7-6-12(8-14)11-20/h2-7,10,12,14,20H,8-9,11H2,1H3,(H,18,21)/t12-,14+/m0/s1. The van der Waals surface area contributed by atoms with Gasteiger partial charge in [0.05, 0.1) is 6.42 Å². The van der Waals surface area contributed by atoms with E-state index in [1.807, 2.05) is 37.5 Å². The lowest BCUT2D eigenvalue weighted by Gasteiger charge is -2.12. The molecule has 1 amide bonds. The molecule has 2 atom stereocenters. The number of para-hydroxylation sites is 1. The van der Waals surface area contributed by atoms with Crippen LogP contribution >= 0.6 is 0 Å². The third-order valence-electron chi connectivity index (χ3n) is 4.08. The Morgan fingerprint density at radius 2 is 2.19 bits per heavy atom. The number of fused-ring (bicyclic) bond motifs is 1. The zero-order valence-corrected chi connectivity index (χ0v) is 12.1. The highest BCUT2D eigenvalue weighted by atomic mass is 16.3. The Balaban J connectivity index is 1.68. The predicted molar refractivity (Wildman–Crippen MR) is 82.9 cm³/mol. The number of nitrogens with zero attached hydrogens (tertiary/aromatic N) is 1. The van der Waals surface area contributed by atoms with Crippen LogP contribution in [-0.2, 0) is 18.3 Å². The first-order chi connectivity index (χ1) is 10.2. The van der Waals surface area contributed by atoms with E-state index in [2.05, 4.69) is 22.0 Å². The molecular formula is C17H20N2O2. The summed E-state index contributed by atoms with van der Waals surface area (Å²) in [6.45, 7) is 0.145. The van der Waals surface area contributed by atoms with Crippen molar-refractivity contribution in [2.75, 3.05) is 6.61 Å². The summed E-state index contributed by atoms with van der Waals surface area (Å²) in [5.74, 6) is 0.201. The molecule has 4 nitrogen and oxygen atoms in total. The topological polar surface area (TPSA) is 54.3 Å². The van der Waals surface area contributed by atoms with E-state index in [0.29, 0.717) is 6.42 Å². The van der Waals surface area contributed by atoms with Crippen molar-refractivity contribution in [3.8, 4) is 0 Å². The maximum Gasteiger partial charge on any atom is 0.224 e. The van der Waals surface area contributed by atoms with Crippen molar-refractivity contribution in [3.05, 3.63) is 48.2 Å². The monoisotopic (exact) mass is 284 g/mol. The van der Waals surface area contributed by atoms with Gasteiger partial charge in [0.25, 0.3) is 0 Å². The first kappa shape index (κ1) is 13.9. The molecule has 1 aliphatic rings. The Morgan fingerprint density at radius 1 is 1.38 bits per heavy atom. The van der Waals surface area contributed by atoms with E-state index in [1.165, 1.54) is 0 Å². The lowest BCUT2D eigenvalue weighted by molar-refractivity contribution is -0.120. The fourth-order valence-corrected chi connectivity index (χ4v) is 3.01. The van der Waals surface area contributed by atoms with Crippen molar-refractivity contribution in [1.29, 1.82) is 0 Å². The fraction of sp³-hybridized carbons (Fsp3) is 0.353. The molecule has 21 heavy (non-hydrogen) atoms. The van der Waals surface area contributed by atoms with Crippen LogP contribution in [0.1, 0.15) is 12.0 Å². The average molecular weight is 284 g/mol. The molecule has 0 aliphatic heterocycles. The SMILES string of the molecule is Cn1cc(CC(=O)N[C@@H]2C=C[C@H](CO)C2)c2ccccc21. The molecule has 1 aliphatic carbocycles. The second kappa shape index (κ2) is 5.74. The van der Waals surface area contributed by atoms with Crippen molar-refractivity contribution in [3.63, 3.8) is 0 Å². The highest BCUT2D eigenvalue weighted by molar-refractivity contribution is 5.89. The van der Waals surface area contributed by atoms with Gasteiger partial charge in [-0.05, 0) is 18.1 Å². The lowest BCUT2D eigenvalue weighted by Crippen LogP contribution is -2.34. The summed E-state index contributed by atoms with van der Waals surface area (Å²) in [4.78, 5) is 12.2. The number of carbonyl (C=O) groups excluding carboxylic acids is 1. The van der Waals surface area contributed by atoms with Crippen molar-refractivity contribution in [1.82, 2.24) is 9.88 Å². The van der Waals surface area contributed by atoms with E-state index in [9.17, 15) is 4.79 Å². The first-order valence-electron chi connectivity index (χ1n) is 7.29. The normalized spacial score (nSPS) is 21.0. The Hall–Kier alpha value is -2.07. The van der Waals surface area contributed by atoms with E-state index in [1.54, 1.807) is 0 Å². The van der Waals surface area contributed by atoms with E-state index in [0.717, 1.165) is 22.9 Å². The Labute approximate surface area is 124 Å². The van der Waals surface area contributed by atoms with Gasteiger partial charge in [0.1, 0.15) is 0 Å². The van der Waals surface area contributed by atoms with Crippen LogP contribution < -0.4 is 5.32 Å². The number of hydrogen-bond donors (Lipinski definition) is 2. The van der Waals surface area contributed by atoms with Gasteiger partial charge < -0.3 is 15.0 Å². The number of aryl methyl sites for hydroxylation is 1. The zero-order chi connectivity index (χ0) is 14.8. The summed E-state index contributed by atoms with van der Waals surface area (Å²) >= 11 is 0. The number of amides is 1. The zero-order valence-electron chi connectivity index (χ0n) is 12.1. The average Bonchev–Trinajstić information content (AvgIpc) is 3.05. The maximum atomic E-state index is 12.2. The summed E-state index contributed by atoms with van der Waals surface area (Å²) in [5, 5.41) is 13.3. The van der Waals surface area contributed by atoms with Crippen LogP contribution in [-0.4, -0.2) is 28.2 Å². The van der Waals surface area contributed by atoms with Crippen molar-refractivity contribution < 1.29 is 9.90 Å². The second-order valence-corrected chi connectivity index (χ2v) is 5.70. The predicted octanol–water partition coefficient (Wildman–Crippen LogP) is 1.77. The van der Waals surface area contributed by atoms with Crippen molar-refractivity contribution in [2.45, 2.75) is 18.9 Å².